The Bertz CT molecular complexity index is 662. The highest BCUT2D eigenvalue weighted by molar-refractivity contribution is 6.32. The molecule has 0 aliphatic rings. The molecule has 0 bridgehead atoms. The van der Waals surface area contributed by atoms with Gasteiger partial charge in [-0.2, -0.15) is 4.39 Å². The number of nitrogens with one attached hydrogen (secondary N) is 1. The Morgan fingerprint density at radius 3 is 2.76 bits per heavy atom. The maximum atomic E-state index is 13.4. The molecule has 21 heavy (non-hydrogen) atoms. The van der Waals surface area contributed by atoms with Crippen LogP contribution in [0.5, 0.6) is 5.75 Å². The van der Waals surface area contributed by atoms with Crippen LogP contribution < -0.4 is 10.1 Å². The highest BCUT2D eigenvalue weighted by Gasteiger charge is 2.13. The van der Waals surface area contributed by atoms with Crippen LogP contribution in [0.15, 0.2) is 36.5 Å². The standard InChI is InChI=1S/C15H14ClFN2O2/c1-9(2)21-13-6-5-10(8-12(13)16)19-15(20)11-4-3-7-18-14(11)17/h3-9H,1-2H3,(H,19,20). The molecule has 1 aromatic carbocycles. The molecular formula is C15H14ClFN2O2. The predicted octanol–water partition coefficient (Wildman–Crippen LogP) is 3.91. The van der Waals surface area contributed by atoms with Crippen molar-refractivity contribution in [1.29, 1.82) is 0 Å². The first kappa shape index (κ1) is 15.3. The summed E-state index contributed by atoms with van der Waals surface area (Å²) in [4.78, 5) is 15.4. The van der Waals surface area contributed by atoms with Gasteiger partial charge in [0, 0.05) is 11.9 Å². The molecule has 4 nitrogen and oxygen atoms in total. The Kier molecular flexibility index (Phi) is 4.75. The highest BCUT2D eigenvalue weighted by atomic mass is 35.5. The van der Waals surface area contributed by atoms with Crippen LogP contribution in [0, 0.1) is 5.95 Å². The molecule has 2 rings (SSSR count). The van der Waals surface area contributed by atoms with E-state index in [1.807, 2.05) is 13.8 Å². The molecule has 1 amide bonds. The molecule has 0 fully saturated rings. The quantitative estimate of drug-likeness (QED) is 0.871. The van der Waals surface area contributed by atoms with Crippen LogP contribution >= 0.6 is 11.6 Å². The van der Waals surface area contributed by atoms with Gasteiger partial charge in [0.15, 0.2) is 0 Å². The van der Waals surface area contributed by atoms with Crippen LogP contribution in [-0.2, 0) is 0 Å². The maximum absolute atomic E-state index is 13.4. The van der Waals surface area contributed by atoms with E-state index in [0.29, 0.717) is 16.5 Å². The van der Waals surface area contributed by atoms with E-state index in [2.05, 4.69) is 10.3 Å². The van der Waals surface area contributed by atoms with Crippen molar-refractivity contribution in [3.05, 3.63) is 53.1 Å². The molecule has 1 heterocycles. The summed E-state index contributed by atoms with van der Waals surface area (Å²) in [5.74, 6) is -0.882. The largest absolute Gasteiger partial charge is 0.489 e. The molecule has 110 valence electrons. The number of rotatable bonds is 4. The topological polar surface area (TPSA) is 51.2 Å². The second kappa shape index (κ2) is 6.54. The van der Waals surface area contributed by atoms with Crippen molar-refractivity contribution in [2.75, 3.05) is 5.32 Å². The molecule has 0 unspecified atom stereocenters. The predicted molar refractivity (Wildman–Crippen MR) is 79.4 cm³/mol. The molecule has 1 aromatic heterocycles. The van der Waals surface area contributed by atoms with Crippen LogP contribution in [0.1, 0.15) is 24.2 Å². The zero-order valence-electron chi connectivity index (χ0n) is 11.6. The van der Waals surface area contributed by atoms with E-state index in [1.54, 1.807) is 18.2 Å². The van der Waals surface area contributed by atoms with Gasteiger partial charge in [-0.15, -0.1) is 0 Å². The summed E-state index contributed by atoms with van der Waals surface area (Å²) < 4.78 is 18.9. The molecule has 0 spiro atoms. The minimum Gasteiger partial charge on any atom is -0.489 e. The van der Waals surface area contributed by atoms with Crippen molar-refractivity contribution in [1.82, 2.24) is 4.98 Å². The molecule has 0 saturated carbocycles. The molecule has 6 heteroatoms. The number of benzene rings is 1. The van der Waals surface area contributed by atoms with Crippen molar-refractivity contribution in [2.24, 2.45) is 0 Å². The lowest BCUT2D eigenvalue weighted by Crippen LogP contribution is -2.14. The third-order valence-corrected chi connectivity index (χ3v) is 2.85. The SMILES string of the molecule is CC(C)Oc1ccc(NC(=O)c2cccnc2F)cc1Cl. The van der Waals surface area contributed by atoms with Gasteiger partial charge >= 0.3 is 0 Å². The average molecular weight is 309 g/mol. The Morgan fingerprint density at radius 1 is 1.38 bits per heavy atom. The fourth-order valence-electron chi connectivity index (χ4n) is 1.68. The van der Waals surface area contributed by atoms with E-state index < -0.39 is 11.9 Å². The van der Waals surface area contributed by atoms with Crippen LogP contribution in [0.25, 0.3) is 0 Å². The Labute approximate surface area is 126 Å². The third kappa shape index (κ3) is 3.92. The number of carbonyl (C=O) groups excluding carboxylic acids is 1. The number of pyridine rings is 1. The fourth-order valence-corrected chi connectivity index (χ4v) is 1.91. The van der Waals surface area contributed by atoms with Crippen molar-refractivity contribution in [3.8, 4) is 5.75 Å². The first-order chi connectivity index (χ1) is 9.97. The number of anilines is 1. The van der Waals surface area contributed by atoms with Gasteiger partial charge in [-0.3, -0.25) is 4.79 Å². The summed E-state index contributed by atoms with van der Waals surface area (Å²) in [6.07, 6.45) is 1.27. The third-order valence-electron chi connectivity index (χ3n) is 2.56. The summed E-state index contributed by atoms with van der Waals surface area (Å²) in [6.45, 7) is 3.77. The first-order valence-corrected chi connectivity index (χ1v) is 6.73. The monoisotopic (exact) mass is 308 g/mol. The van der Waals surface area contributed by atoms with E-state index >= 15 is 0 Å². The second-order valence-corrected chi connectivity index (χ2v) is 5.01. The number of hydrogen-bond acceptors (Lipinski definition) is 3. The fraction of sp³-hybridized carbons (Fsp3) is 0.200. The van der Waals surface area contributed by atoms with Gasteiger partial charge in [-0.1, -0.05) is 11.6 Å². The number of ether oxygens (including phenoxy) is 1. The summed E-state index contributed by atoms with van der Waals surface area (Å²) in [6, 6.07) is 7.68. The molecule has 0 atom stereocenters. The van der Waals surface area contributed by atoms with Crippen LogP contribution in [-0.4, -0.2) is 17.0 Å². The van der Waals surface area contributed by atoms with E-state index in [9.17, 15) is 9.18 Å². The van der Waals surface area contributed by atoms with Crippen molar-refractivity contribution >= 4 is 23.2 Å². The van der Waals surface area contributed by atoms with E-state index in [-0.39, 0.29) is 11.7 Å². The van der Waals surface area contributed by atoms with Gasteiger partial charge in [0.1, 0.15) is 5.75 Å². The Balaban J connectivity index is 2.15. The molecule has 0 aliphatic carbocycles. The van der Waals surface area contributed by atoms with Crippen LogP contribution in [0.3, 0.4) is 0 Å². The number of hydrogen-bond donors (Lipinski definition) is 1. The molecule has 2 aromatic rings. The van der Waals surface area contributed by atoms with Crippen LogP contribution in [0.2, 0.25) is 5.02 Å². The minimum atomic E-state index is -0.819. The maximum Gasteiger partial charge on any atom is 0.260 e. The minimum absolute atomic E-state index is 0.00701. The zero-order valence-corrected chi connectivity index (χ0v) is 12.3. The van der Waals surface area contributed by atoms with Crippen LogP contribution in [0.4, 0.5) is 10.1 Å². The number of carbonyl (C=O) groups is 1. The molecule has 0 aliphatic heterocycles. The summed E-state index contributed by atoms with van der Waals surface area (Å²) in [5.41, 5.74) is 0.320. The number of aromatic nitrogens is 1. The second-order valence-electron chi connectivity index (χ2n) is 4.61. The van der Waals surface area contributed by atoms with Gasteiger partial charge in [-0.05, 0) is 44.2 Å². The average Bonchev–Trinajstić information content (AvgIpc) is 2.42. The first-order valence-electron chi connectivity index (χ1n) is 6.35. The lowest BCUT2D eigenvalue weighted by molar-refractivity contribution is 0.102. The van der Waals surface area contributed by atoms with Gasteiger partial charge in [0.2, 0.25) is 5.95 Å². The van der Waals surface area contributed by atoms with Crippen molar-refractivity contribution < 1.29 is 13.9 Å². The van der Waals surface area contributed by atoms with E-state index in [1.165, 1.54) is 18.3 Å². The summed E-state index contributed by atoms with van der Waals surface area (Å²) in [5, 5.41) is 2.93. The Morgan fingerprint density at radius 2 is 2.14 bits per heavy atom. The van der Waals surface area contributed by atoms with Gasteiger partial charge in [0.05, 0.1) is 16.7 Å². The summed E-state index contributed by atoms with van der Waals surface area (Å²) >= 11 is 6.07. The lowest BCUT2D eigenvalue weighted by Gasteiger charge is -2.12. The number of amides is 1. The van der Waals surface area contributed by atoms with E-state index in [4.69, 9.17) is 16.3 Å². The normalized spacial score (nSPS) is 10.5. The molecule has 1 N–H and O–H groups in total. The molecular weight excluding hydrogens is 295 g/mol. The summed E-state index contributed by atoms with van der Waals surface area (Å²) in [7, 11) is 0. The van der Waals surface area contributed by atoms with Gasteiger partial charge in [0.25, 0.3) is 5.91 Å². The van der Waals surface area contributed by atoms with Gasteiger partial charge < -0.3 is 10.1 Å². The number of halogens is 2. The zero-order chi connectivity index (χ0) is 15.4. The highest BCUT2D eigenvalue weighted by Crippen LogP contribution is 2.28. The van der Waals surface area contributed by atoms with E-state index in [0.717, 1.165) is 0 Å². The molecule has 0 saturated heterocycles. The smallest absolute Gasteiger partial charge is 0.260 e. The van der Waals surface area contributed by atoms with Crippen molar-refractivity contribution in [2.45, 2.75) is 20.0 Å². The van der Waals surface area contributed by atoms with Crippen molar-refractivity contribution in [3.63, 3.8) is 0 Å². The Hall–Kier alpha value is -2.14. The van der Waals surface area contributed by atoms with Gasteiger partial charge in [-0.25, -0.2) is 4.98 Å². The number of nitrogens with zero attached hydrogens (tertiary/aromatic N) is 1. The lowest BCUT2D eigenvalue weighted by atomic mass is 10.2. The molecule has 0 radical (unpaired) electrons.